The van der Waals surface area contributed by atoms with Gasteiger partial charge in [-0.1, -0.05) is 0 Å². The van der Waals surface area contributed by atoms with Crippen LogP contribution in [-0.2, 0) is 25.7 Å². The second kappa shape index (κ2) is 7.12. The lowest BCUT2D eigenvalue weighted by molar-refractivity contribution is -0.141. The first kappa shape index (κ1) is 18.8. The Bertz CT molecular complexity index is 948. The van der Waals surface area contributed by atoms with Crippen molar-refractivity contribution in [3.8, 4) is 0 Å². The molecule has 0 spiro atoms. The van der Waals surface area contributed by atoms with Gasteiger partial charge in [0.25, 0.3) is 5.56 Å². The largest absolute Gasteiger partial charge is 0.435 e. The number of anilines is 1. The van der Waals surface area contributed by atoms with Crippen LogP contribution in [0.1, 0.15) is 36.5 Å². The summed E-state index contributed by atoms with van der Waals surface area (Å²) in [6, 6.07) is 1.25. The van der Waals surface area contributed by atoms with Gasteiger partial charge in [-0.05, 0) is 19.3 Å². The zero-order chi connectivity index (χ0) is 19.9. The highest BCUT2D eigenvalue weighted by Gasteiger charge is 2.39. The number of nitrogens with zero attached hydrogens (tertiary/aromatic N) is 3. The van der Waals surface area contributed by atoms with E-state index in [9.17, 15) is 22.8 Å². The van der Waals surface area contributed by atoms with Crippen molar-refractivity contribution >= 4 is 5.82 Å². The topological polar surface area (TPSA) is 98.8 Å². The molecule has 1 saturated heterocycles. The van der Waals surface area contributed by atoms with E-state index >= 15 is 0 Å². The number of H-pyrrole nitrogens is 2. The van der Waals surface area contributed by atoms with Crippen molar-refractivity contribution in [2.75, 3.05) is 18.0 Å². The second-order valence-electron chi connectivity index (χ2n) is 7.22. The molecule has 0 aliphatic carbocycles. The molecule has 2 aromatic heterocycles. The lowest BCUT2D eigenvalue weighted by atomic mass is 10.1. The summed E-state index contributed by atoms with van der Waals surface area (Å²) in [5.74, 6) is 0.917. The van der Waals surface area contributed by atoms with Gasteiger partial charge in [0.15, 0.2) is 5.69 Å². The number of halogens is 3. The first-order valence-electron chi connectivity index (χ1n) is 9.29. The van der Waals surface area contributed by atoms with Crippen LogP contribution in [0.25, 0.3) is 0 Å². The van der Waals surface area contributed by atoms with Crippen molar-refractivity contribution in [1.82, 2.24) is 24.8 Å². The Kier molecular flexibility index (Phi) is 4.77. The van der Waals surface area contributed by atoms with E-state index in [1.807, 2.05) is 4.90 Å². The molecule has 28 heavy (non-hydrogen) atoms. The molecule has 0 unspecified atom stereocenters. The van der Waals surface area contributed by atoms with Crippen LogP contribution in [0.5, 0.6) is 0 Å². The molecule has 8 nitrogen and oxygen atoms in total. The molecule has 1 atom stereocenters. The average Bonchev–Trinajstić information content (AvgIpc) is 3.23. The van der Waals surface area contributed by atoms with Crippen molar-refractivity contribution in [3.05, 3.63) is 44.1 Å². The number of imidazole rings is 1. The first-order chi connectivity index (χ1) is 13.3. The molecule has 0 saturated carbocycles. The number of aryl methyl sites for hydroxylation is 1. The van der Waals surface area contributed by atoms with E-state index in [1.165, 1.54) is 6.07 Å². The van der Waals surface area contributed by atoms with Crippen molar-refractivity contribution in [2.45, 2.75) is 51.0 Å². The molecule has 3 N–H and O–H groups in total. The summed E-state index contributed by atoms with van der Waals surface area (Å²) in [5.41, 5.74) is -1.69. The number of rotatable bonds is 4. The van der Waals surface area contributed by atoms with Crippen molar-refractivity contribution in [3.63, 3.8) is 0 Å². The standard InChI is InChI=1S/C17H21F3N6O2/c18-17(19,20)15-11(26-5-2-1-3-12(26)22-15)8-21-10-4-6-25(9-10)13-7-14(27)24-16(28)23-13/h7,10,21H,1-6,8-9H2,(H2,23,24,27,28)/t10-/m1/s1. The Hall–Kier alpha value is -2.56. The predicted molar refractivity (Wildman–Crippen MR) is 95.3 cm³/mol. The highest BCUT2D eigenvalue weighted by molar-refractivity contribution is 5.38. The molecular formula is C17H21F3N6O2. The van der Waals surface area contributed by atoms with Crippen molar-refractivity contribution < 1.29 is 13.2 Å². The number of hydrogen-bond acceptors (Lipinski definition) is 5. The van der Waals surface area contributed by atoms with Gasteiger partial charge in [0.1, 0.15) is 11.6 Å². The normalized spacial score (nSPS) is 19.8. The fourth-order valence-electron chi connectivity index (χ4n) is 3.96. The maximum absolute atomic E-state index is 13.4. The van der Waals surface area contributed by atoms with Crippen LogP contribution in [0.4, 0.5) is 19.0 Å². The van der Waals surface area contributed by atoms with E-state index in [1.54, 1.807) is 4.57 Å². The van der Waals surface area contributed by atoms with Crippen LogP contribution in [0.15, 0.2) is 15.7 Å². The molecule has 2 aliphatic rings. The smallest absolute Gasteiger partial charge is 0.356 e. The Morgan fingerprint density at radius 1 is 1.21 bits per heavy atom. The second-order valence-corrected chi connectivity index (χ2v) is 7.22. The van der Waals surface area contributed by atoms with Crippen LogP contribution >= 0.6 is 0 Å². The van der Waals surface area contributed by atoms with Gasteiger partial charge in [0, 0.05) is 44.7 Å². The molecule has 2 aromatic rings. The fraction of sp³-hybridized carbons (Fsp3) is 0.588. The quantitative estimate of drug-likeness (QED) is 0.713. The third kappa shape index (κ3) is 3.71. The molecule has 0 aromatic carbocycles. The van der Waals surface area contributed by atoms with Gasteiger partial charge in [-0.3, -0.25) is 14.8 Å². The average molecular weight is 398 g/mol. The minimum absolute atomic E-state index is 0.0568. The maximum atomic E-state index is 13.4. The number of aromatic nitrogens is 4. The maximum Gasteiger partial charge on any atom is 0.435 e. The Morgan fingerprint density at radius 3 is 2.79 bits per heavy atom. The highest BCUT2D eigenvalue weighted by atomic mass is 19.4. The van der Waals surface area contributed by atoms with Crippen LogP contribution in [0, 0.1) is 0 Å². The lowest BCUT2D eigenvalue weighted by Crippen LogP contribution is -2.35. The van der Waals surface area contributed by atoms with Gasteiger partial charge in [0.05, 0.1) is 5.69 Å². The number of aromatic amines is 2. The Balaban J connectivity index is 1.47. The minimum atomic E-state index is -4.48. The first-order valence-corrected chi connectivity index (χ1v) is 9.29. The molecule has 0 amide bonds. The van der Waals surface area contributed by atoms with Gasteiger partial charge in [-0.2, -0.15) is 13.2 Å². The summed E-state index contributed by atoms with van der Waals surface area (Å²) in [5, 5.41) is 3.20. The van der Waals surface area contributed by atoms with Gasteiger partial charge in [0.2, 0.25) is 0 Å². The molecule has 2 aliphatic heterocycles. The summed E-state index contributed by atoms with van der Waals surface area (Å²) in [4.78, 5) is 33.3. The zero-order valence-corrected chi connectivity index (χ0v) is 15.1. The molecule has 4 heterocycles. The molecule has 152 valence electrons. The SMILES string of the molecule is O=c1cc(N2CC[C@@H](NCc3c(C(F)(F)F)nc4n3CCCC4)C2)[nH]c(=O)[nH]1. The summed E-state index contributed by atoms with van der Waals surface area (Å²) in [7, 11) is 0. The van der Waals surface area contributed by atoms with E-state index < -0.39 is 23.1 Å². The zero-order valence-electron chi connectivity index (χ0n) is 15.1. The van der Waals surface area contributed by atoms with Gasteiger partial charge in [-0.25, -0.2) is 9.78 Å². The Morgan fingerprint density at radius 2 is 2.04 bits per heavy atom. The molecule has 0 bridgehead atoms. The van der Waals surface area contributed by atoms with Crippen LogP contribution in [0.3, 0.4) is 0 Å². The predicted octanol–water partition coefficient (Wildman–Crippen LogP) is 0.983. The number of nitrogens with one attached hydrogen (secondary N) is 3. The van der Waals surface area contributed by atoms with Gasteiger partial charge >= 0.3 is 11.9 Å². The lowest BCUT2D eigenvalue weighted by Gasteiger charge is -2.20. The Labute approximate surface area is 157 Å². The van der Waals surface area contributed by atoms with Crippen LogP contribution in [0.2, 0.25) is 0 Å². The van der Waals surface area contributed by atoms with Crippen molar-refractivity contribution in [2.24, 2.45) is 0 Å². The highest BCUT2D eigenvalue weighted by Crippen LogP contribution is 2.33. The molecular weight excluding hydrogens is 377 g/mol. The minimum Gasteiger partial charge on any atom is -0.356 e. The van der Waals surface area contributed by atoms with E-state index in [0.717, 1.165) is 12.8 Å². The monoisotopic (exact) mass is 398 g/mol. The van der Waals surface area contributed by atoms with Crippen LogP contribution < -0.4 is 21.5 Å². The third-order valence-corrected chi connectivity index (χ3v) is 5.29. The fourth-order valence-corrected chi connectivity index (χ4v) is 3.96. The van der Waals surface area contributed by atoms with E-state index in [4.69, 9.17) is 0 Å². The molecule has 1 fully saturated rings. The molecule has 0 radical (unpaired) electrons. The van der Waals surface area contributed by atoms with Gasteiger partial charge < -0.3 is 14.8 Å². The summed E-state index contributed by atoms with van der Waals surface area (Å²) in [6.45, 7) is 1.71. The molecule has 11 heteroatoms. The van der Waals surface area contributed by atoms with E-state index in [-0.39, 0.29) is 18.3 Å². The number of hydrogen-bond donors (Lipinski definition) is 3. The number of alkyl halides is 3. The summed E-state index contributed by atoms with van der Waals surface area (Å²) in [6.07, 6.45) is -1.52. The van der Waals surface area contributed by atoms with Gasteiger partial charge in [-0.15, -0.1) is 0 Å². The molecule has 4 rings (SSSR count). The summed E-state index contributed by atoms with van der Waals surface area (Å²) >= 11 is 0. The van der Waals surface area contributed by atoms with E-state index in [2.05, 4.69) is 20.3 Å². The third-order valence-electron chi connectivity index (χ3n) is 5.29. The van der Waals surface area contributed by atoms with Crippen LogP contribution in [-0.4, -0.2) is 38.7 Å². The van der Waals surface area contributed by atoms with Crippen molar-refractivity contribution in [1.29, 1.82) is 0 Å². The summed E-state index contributed by atoms with van der Waals surface area (Å²) < 4.78 is 41.9. The van der Waals surface area contributed by atoms with E-state index in [0.29, 0.717) is 44.1 Å². The number of fused-ring (bicyclic) bond motifs is 1.